The van der Waals surface area contributed by atoms with E-state index in [1.807, 2.05) is 47.9 Å². The molecule has 0 saturated carbocycles. The molecule has 1 aliphatic rings. The van der Waals surface area contributed by atoms with Crippen LogP contribution in [0.25, 0.3) is 0 Å². The number of hydrogen-bond acceptors (Lipinski definition) is 3. The van der Waals surface area contributed by atoms with Crippen molar-refractivity contribution in [3.05, 3.63) is 118 Å². The van der Waals surface area contributed by atoms with Crippen LogP contribution in [0.5, 0.6) is 0 Å². The van der Waals surface area contributed by atoms with Crippen molar-refractivity contribution < 1.29 is 4.79 Å². The molecule has 0 bridgehead atoms. The number of Topliss-reactive ketones (excluding diaryl/α,β-unsaturated/α-hetero) is 1. The fourth-order valence-electron chi connectivity index (χ4n) is 3.07. The maximum absolute atomic E-state index is 12.9. The van der Waals surface area contributed by atoms with Gasteiger partial charge in [-0.3, -0.25) is 4.79 Å². The summed E-state index contributed by atoms with van der Waals surface area (Å²) in [4.78, 5) is 13.7. The van der Waals surface area contributed by atoms with E-state index in [1.165, 1.54) is 11.1 Å². The van der Waals surface area contributed by atoms with E-state index in [2.05, 4.69) is 48.5 Å². The number of hydrogen-bond donors (Lipinski definition) is 0. The second-order valence-electron chi connectivity index (χ2n) is 6.18. The zero-order valence-corrected chi connectivity index (χ0v) is 15.8. The molecule has 3 aromatic carbocycles. The second-order valence-corrected chi connectivity index (χ2v) is 8.95. The van der Waals surface area contributed by atoms with E-state index in [-0.39, 0.29) is 9.86 Å². The molecule has 1 atom stereocenters. The van der Waals surface area contributed by atoms with Crippen molar-refractivity contribution >= 4 is 29.3 Å². The number of rotatable bonds is 5. The molecule has 26 heavy (non-hydrogen) atoms. The predicted octanol–water partition coefficient (Wildman–Crippen LogP) is 6.29. The lowest BCUT2D eigenvalue weighted by molar-refractivity contribution is 0.104. The third kappa shape index (κ3) is 3.50. The van der Waals surface area contributed by atoms with Crippen LogP contribution in [0.2, 0.25) is 0 Å². The Kier molecular flexibility index (Phi) is 5.00. The highest BCUT2D eigenvalue weighted by Crippen LogP contribution is 2.58. The van der Waals surface area contributed by atoms with E-state index < -0.39 is 0 Å². The van der Waals surface area contributed by atoms with Gasteiger partial charge in [0.1, 0.15) is 0 Å². The number of carbonyl (C=O) groups excluding carboxylic acids is 1. The summed E-state index contributed by atoms with van der Waals surface area (Å²) in [7, 11) is 0. The number of benzene rings is 3. The Morgan fingerprint density at radius 1 is 0.769 bits per heavy atom. The van der Waals surface area contributed by atoms with E-state index in [0.717, 1.165) is 16.9 Å². The summed E-state index contributed by atoms with van der Waals surface area (Å²) in [6.07, 6.45) is 0.870. The van der Waals surface area contributed by atoms with Crippen LogP contribution in [0.1, 0.15) is 21.5 Å². The summed E-state index contributed by atoms with van der Waals surface area (Å²) in [5, 5.41) is 2.04. The lowest BCUT2D eigenvalue weighted by Crippen LogP contribution is -2.19. The smallest absolute Gasteiger partial charge is 0.199 e. The molecule has 0 amide bonds. The Hall–Kier alpha value is -2.23. The Bertz CT molecular complexity index is 920. The van der Waals surface area contributed by atoms with Gasteiger partial charge in [-0.05, 0) is 16.5 Å². The SMILES string of the molecule is O=C(C1=CSC(Cc2ccccc2)(c2ccccc2)S1)c1ccccc1. The van der Waals surface area contributed by atoms with Crippen molar-refractivity contribution in [1.29, 1.82) is 0 Å². The van der Waals surface area contributed by atoms with E-state index >= 15 is 0 Å². The molecule has 3 heteroatoms. The van der Waals surface area contributed by atoms with Gasteiger partial charge < -0.3 is 0 Å². The maximum atomic E-state index is 12.9. The van der Waals surface area contributed by atoms with Crippen LogP contribution in [0.15, 0.2) is 101 Å². The summed E-state index contributed by atoms with van der Waals surface area (Å²) < 4.78 is -0.206. The highest BCUT2D eigenvalue weighted by Gasteiger charge is 2.40. The van der Waals surface area contributed by atoms with Gasteiger partial charge in [0.15, 0.2) is 5.78 Å². The van der Waals surface area contributed by atoms with E-state index in [1.54, 1.807) is 23.5 Å². The molecular weight excluding hydrogens is 356 g/mol. The highest BCUT2D eigenvalue weighted by molar-refractivity contribution is 8.24. The molecule has 128 valence electrons. The summed E-state index contributed by atoms with van der Waals surface area (Å²) in [6.45, 7) is 0. The topological polar surface area (TPSA) is 17.1 Å². The number of ketones is 1. The molecule has 0 fully saturated rings. The van der Waals surface area contributed by atoms with Gasteiger partial charge in [-0.25, -0.2) is 0 Å². The van der Waals surface area contributed by atoms with E-state index in [4.69, 9.17) is 0 Å². The Balaban J connectivity index is 1.65. The monoisotopic (exact) mass is 374 g/mol. The van der Waals surface area contributed by atoms with Gasteiger partial charge in [0.2, 0.25) is 0 Å². The van der Waals surface area contributed by atoms with Crippen LogP contribution in [0, 0.1) is 0 Å². The van der Waals surface area contributed by atoms with Crippen LogP contribution >= 0.6 is 23.5 Å². The molecule has 0 radical (unpaired) electrons. The molecule has 3 aromatic rings. The lowest BCUT2D eigenvalue weighted by Gasteiger charge is -2.28. The fourth-order valence-corrected chi connectivity index (χ4v) is 6.00. The van der Waals surface area contributed by atoms with Crippen molar-refractivity contribution in [2.24, 2.45) is 0 Å². The molecule has 0 aromatic heterocycles. The van der Waals surface area contributed by atoms with E-state index in [0.29, 0.717) is 0 Å². The fraction of sp³-hybridized carbons (Fsp3) is 0.0870. The molecule has 0 saturated heterocycles. The van der Waals surface area contributed by atoms with Crippen LogP contribution < -0.4 is 0 Å². The Morgan fingerprint density at radius 3 is 2.00 bits per heavy atom. The maximum Gasteiger partial charge on any atom is 0.199 e. The molecule has 0 aliphatic carbocycles. The zero-order chi connectivity index (χ0) is 17.8. The van der Waals surface area contributed by atoms with E-state index in [9.17, 15) is 4.79 Å². The molecule has 1 heterocycles. The molecular formula is C23H18OS2. The third-order valence-corrected chi connectivity index (χ3v) is 7.42. The van der Waals surface area contributed by atoms with Crippen molar-refractivity contribution in [3.8, 4) is 0 Å². The van der Waals surface area contributed by atoms with Crippen molar-refractivity contribution in [3.63, 3.8) is 0 Å². The summed E-state index contributed by atoms with van der Waals surface area (Å²) in [5.41, 5.74) is 3.26. The van der Waals surface area contributed by atoms with Gasteiger partial charge in [-0.15, -0.1) is 11.8 Å². The molecule has 1 aliphatic heterocycles. The van der Waals surface area contributed by atoms with Gasteiger partial charge >= 0.3 is 0 Å². The first kappa shape index (κ1) is 17.2. The van der Waals surface area contributed by atoms with Crippen molar-refractivity contribution in [1.82, 2.24) is 0 Å². The molecule has 1 nitrogen and oxygen atoms in total. The zero-order valence-electron chi connectivity index (χ0n) is 14.2. The van der Waals surface area contributed by atoms with Crippen molar-refractivity contribution in [2.45, 2.75) is 10.5 Å². The minimum Gasteiger partial charge on any atom is -0.288 e. The van der Waals surface area contributed by atoms with Crippen LogP contribution in [0.4, 0.5) is 0 Å². The summed E-state index contributed by atoms with van der Waals surface area (Å²) in [6, 6.07) is 30.5. The molecule has 0 N–H and O–H groups in total. The Labute approximate surface area is 162 Å². The van der Waals surface area contributed by atoms with Gasteiger partial charge in [-0.1, -0.05) is 103 Å². The van der Waals surface area contributed by atoms with Gasteiger partial charge in [0.25, 0.3) is 0 Å². The minimum absolute atomic E-state index is 0.106. The molecule has 4 rings (SSSR count). The first-order valence-electron chi connectivity index (χ1n) is 8.53. The van der Waals surface area contributed by atoms with Crippen LogP contribution in [-0.4, -0.2) is 5.78 Å². The van der Waals surface area contributed by atoms with Crippen LogP contribution in [0.3, 0.4) is 0 Å². The summed E-state index contributed by atoms with van der Waals surface area (Å²) in [5.74, 6) is 0.106. The first-order valence-corrected chi connectivity index (χ1v) is 10.2. The van der Waals surface area contributed by atoms with Crippen molar-refractivity contribution in [2.75, 3.05) is 0 Å². The highest BCUT2D eigenvalue weighted by atomic mass is 32.2. The average Bonchev–Trinajstić information content (AvgIpc) is 3.15. The lowest BCUT2D eigenvalue weighted by atomic mass is 10.0. The Morgan fingerprint density at radius 2 is 1.35 bits per heavy atom. The van der Waals surface area contributed by atoms with Gasteiger partial charge in [0, 0.05) is 12.0 Å². The molecule has 0 spiro atoms. The summed E-state index contributed by atoms with van der Waals surface area (Å²) >= 11 is 3.43. The number of carbonyl (C=O) groups is 1. The minimum atomic E-state index is -0.206. The normalized spacial score (nSPS) is 19.2. The molecule has 1 unspecified atom stereocenters. The number of thioether (sulfide) groups is 2. The largest absolute Gasteiger partial charge is 0.288 e. The second kappa shape index (κ2) is 7.56. The quantitative estimate of drug-likeness (QED) is 0.489. The van der Waals surface area contributed by atoms with Crippen LogP contribution in [-0.2, 0) is 10.5 Å². The first-order chi connectivity index (χ1) is 12.8. The third-order valence-electron chi connectivity index (χ3n) is 4.38. The van der Waals surface area contributed by atoms with Gasteiger partial charge in [0.05, 0.1) is 8.98 Å². The predicted molar refractivity (Wildman–Crippen MR) is 112 cm³/mol. The standard InChI is InChI=1S/C23H18OS2/c24-22(19-12-6-2-7-13-19)21-17-25-23(26-21,20-14-8-3-9-15-20)16-18-10-4-1-5-11-18/h1-15,17H,16H2. The average molecular weight is 375 g/mol. The number of allylic oxidation sites excluding steroid dienone is 1. The van der Waals surface area contributed by atoms with Gasteiger partial charge in [-0.2, -0.15) is 0 Å².